The molecule has 0 bridgehead atoms. The Morgan fingerprint density at radius 1 is 1.12 bits per heavy atom. The van der Waals surface area contributed by atoms with E-state index in [-0.39, 0.29) is 0 Å². The number of nitrogens with zero attached hydrogens (tertiary/aromatic N) is 1. The number of aryl methyl sites for hydroxylation is 1. The van der Waals surface area contributed by atoms with E-state index in [9.17, 15) is 0 Å². The van der Waals surface area contributed by atoms with E-state index in [0.29, 0.717) is 5.75 Å². The lowest BCUT2D eigenvalue weighted by Gasteiger charge is -2.28. The summed E-state index contributed by atoms with van der Waals surface area (Å²) in [5.41, 5.74) is -0.278. The Hall–Kier alpha value is -1.68. The average molecular weight is 373 g/mol. The fourth-order valence-corrected chi connectivity index (χ4v) is 4.63. The van der Waals surface area contributed by atoms with E-state index in [1.807, 2.05) is 55.5 Å². The standard InChI is InChI=1S/C18H16NO2PS2/c1-12-13(2)19-17-7-5-4-6-16(17)18(12)21-22(23,24)15-10-8-14(20-3)9-11-15/h4-11H,1H2,2-3H3. The summed E-state index contributed by atoms with van der Waals surface area (Å²) in [7, 11) is 1.62. The molecule has 0 saturated heterocycles. The first-order valence-corrected chi connectivity index (χ1v) is 11.0. The highest BCUT2D eigenvalue weighted by Crippen LogP contribution is 2.47. The zero-order chi connectivity index (χ0) is 17.3. The number of fused-ring (bicyclic) bond motifs is 1. The van der Waals surface area contributed by atoms with E-state index < -0.39 is 5.47 Å². The van der Waals surface area contributed by atoms with Crippen LogP contribution in [-0.4, -0.2) is 12.1 Å². The van der Waals surface area contributed by atoms with E-state index >= 15 is 0 Å². The third-order valence-electron chi connectivity index (χ3n) is 3.75. The second-order valence-corrected chi connectivity index (χ2v) is 10.8. The summed E-state index contributed by atoms with van der Waals surface area (Å²) in [4.78, 5) is 4.55. The van der Waals surface area contributed by atoms with Gasteiger partial charge in [0.15, 0.2) is 11.3 Å². The summed E-state index contributed by atoms with van der Waals surface area (Å²) in [5, 5.41) is 1.69. The molecular formula is C18H16NO2PS2. The highest BCUT2D eigenvalue weighted by Gasteiger charge is 2.22. The summed E-state index contributed by atoms with van der Waals surface area (Å²) in [6.07, 6.45) is 0. The Bertz CT molecular complexity index is 942. The van der Waals surface area contributed by atoms with Crippen molar-refractivity contribution in [1.82, 2.24) is 4.98 Å². The molecule has 0 aliphatic heterocycles. The fraction of sp³-hybridized carbons (Fsp3) is 0.111. The Kier molecular flexibility index (Phi) is 4.77. The zero-order valence-corrected chi connectivity index (χ0v) is 15.9. The molecule has 1 unspecified atom stereocenters. The van der Waals surface area contributed by atoms with E-state index in [1.54, 1.807) is 7.11 Å². The predicted molar refractivity (Wildman–Crippen MR) is 106 cm³/mol. The number of pyridine rings is 1. The van der Waals surface area contributed by atoms with E-state index in [4.69, 9.17) is 33.3 Å². The first kappa shape index (κ1) is 17.2. The summed E-state index contributed by atoms with van der Waals surface area (Å²) >= 11 is 11.3. The van der Waals surface area contributed by atoms with Crippen LogP contribution in [0.3, 0.4) is 0 Å². The van der Waals surface area contributed by atoms with Gasteiger partial charge >= 0.3 is 0 Å². The van der Waals surface area contributed by atoms with Crippen LogP contribution >= 0.6 is 5.47 Å². The second kappa shape index (κ2) is 6.67. The first-order valence-electron chi connectivity index (χ1n) is 7.29. The smallest absolute Gasteiger partial charge is 0.245 e. The molecule has 1 aromatic heterocycles. The predicted octanol–water partition coefficient (Wildman–Crippen LogP) is 4.29. The zero-order valence-electron chi connectivity index (χ0n) is 13.4. The van der Waals surface area contributed by atoms with E-state index in [1.165, 1.54) is 0 Å². The molecule has 3 aromatic rings. The lowest BCUT2D eigenvalue weighted by atomic mass is 10.1. The lowest BCUT2D eigenvalue weighted by molar-refractivity contribution is 0.415. The molecule has 0 N–H and O–H groups in total. The number of benzene rings is 2. The fourth-order valence-electron chi connectivity index (χ4n) is 2.38. The molecule has 2 aromatic carbocycles. The molecule has 0 saturated carbocycles. The van der Waals surface area contributed by atoms with Crippen molar-refractivity contribution in [1.29, 1.82) is 0 Å². The largest absolute Gasteiger partial charge is 0.701 e. The number of hydrogen-bond donors (Lipinski definition) is 0. The summed E-state index contributed by atoms with van der Waals surface area (Å²) < 4.78 is 11.4. The first-order chi connectivity index (χ1) is 11.4. The minimum absolute atomic E-state index is 0.632. The molecule has 6 heteroatoms. The number of rotatable bonds is 4. The number of ether oxygens (including phenoxy) is 1. The van der Waals surface area contributed by atoms with Crippen LogP contribution in [0.5, 0.6) is 11.5 Å². The lowest BCUT2D eigenvalue weighted by Crippen LogP contribution is -2.08. The molecule has 3 rings (SSSR count). The van der Waals surface area contributed by atoms with Gasteiger partial charge in [-0.05, 0) is 36.4 Å². The molecule has 1 atom stereocenters. The Morgan fingerprint density at radius 2 is 1.79 bits per heavy atom. The Morgan fingerprint density at radius 3 is 2.46 bits per heavy atom. The molecule has 0 amide bonds. The van der Waals surface area contributed by atoms with E-state index in [2.05, 4.69) is 11.9 Å². The van der Waals surface area contributed by atoms with Crippen LogP contribution in [0.1, 0.15) is 11.3 Å². The minimum Gasteiger partial charge on any atom is -0.701 e. The maximum Gasteiger partial charge on any atom is 0.245 e. The van der Waals surface area contributed by atoms with Gasteiger partial charge in [0, 0.05) is 24.6 Å². The van der Waals surface area contributed by atoms with Crippen molar-refractivity contribution >= 4 is 45.7 Å². The quantitative estimate of drug-likeness (QED) is 0.387. The Balaban J connectivity index is 2.07. The van der Waals surface area contributed by atoms with Crippen molar-refractivity contribution in [2.75, 3.05) is 7.11 Å². The molecule has 122 valence electrons. The molecule has 0 fully saturated rings. The van der Waals surface area contributed by atoms with Crippen LogP contribution < -0.4 is 14.6 Å². The van der Waals surface area contributed by atoms with Crippen molar-refractivity contribution in [3.8, 4) is 11.5 Å². The third kappa shape index (κ3) is 3.25. The average Bonchev–Trinajstić information content (AvgIpc) is 2.59. The van der Waals surface area contributed by atoms with Gasteiger partial charge < -0.3 is 21.5 Å². The SMILES string of the molecule is [CH2+]c1c(C)nc2ccccc2c1OP(=S)([S-])c1ccc(OC)cc1. The van der Waals surface area contributed by atoms with Gasteiger partial charge in [0.1, 0.15) is 16.7 Å². The molecule has 3 nitrogen and oxygen atoms in total. The van der Waals surface area contributed by atoms with Gasteiger partial charge in [0.2, 0.25) is 5.75 Å². The highest BCUT2D eigenvalue weighted by molar-refractivity contribution is 8.56. The van der Waals surface area contributed by atoms with Crippen LogP contribution in [0.2, 0.25) is 0 Å². The van der Waals surface area contributed by atoms with Crippen molar-refractivity contribution < 1.29 is 9.26 Å². The van der Waals surface area contributed by atoms with Gasteiger partial charge in [-0.3, -0.25) is 0 Å². The van der Waals surface area contributed by atoms with Crippen LogP contribution in [-0.2, 0) is 24.1 Å². The maximum absolute atomic E-state index is 6.18. The number of methoxy groups -OCH3 is 1. The third-order valence-corrected chi connectivity index (χ3v) is 6.81. The molecule has 0 radical (unpaired) electrons. The second-order valence-electron chi connectivity index (χ2n) is 5.31. The summed E-state index contributed by atoms with van der Waals surface area (Å²) in [5.74, 6) is 1.39. The number of hydrogen-bond acceptors (Lipinski definition) is 5. The molecule has 0 aliphatic carbocycles. The number of aromatic nitrogens is 1. The van der Waals surface area contributed by atoms with Crippen LogP contribution in [0.25, 0.3) is 10.9 Å². The van der Waals surface area contributed by atoms with Crippen LogP contribution in [0, 0.1) is 13.8 Å². The van der Waals surface area contributed by atoms with Gasteiger partial charge in [-0.15, -0.1) is 0 Å². The number of para-hydroxylation sites is 1. The van der Waals surface area contributed by atoms with Gasteiger partial charge in [-0.1, -0.05) is 23.9 Å². The monoisotopic (exact) mass is 373 g/mol. The normalized spacial score (nSPS) is 13.5. The van der Waals surface area contributed by atoms with Crippen LogP contribution in [0.15, 0.2) is 48.5 Å². The van der Waals surface area contributed by atoms with Crippen molar-refractivity contribution in [3.05, 3.63) is 66.7 Å². The van der Waals surface area contributed by atoms with Gasteiger partial charge in [0.05, 0.1) is 7.11 Å². The highest BCUT2D eigenvalue weighted by atomic mass is 32.9. The summed E-state index contributed by atoms with van der Waals surface area (Å²) in [6, 6.07) is 15.2. The molecule has 1 heterocycles. The minimum atomic E-state index is -2.65. The van der Waals surface area contributed by atoms with Crippen molar-refractivity contribution in [2.45, 2.75) is 6.92 Å². The van der Waals surface area contributed by atoms with Crippen molar-refractivity contribution in [2.24, 2.45) is 0 Å². The molecule has 24 heavy (non-hydrogen) atoms. The molecule has 0 spiro atoms. The van der Waals surface area contributed by atoms with Crippen LogP contribution in [0.4, 0.5) is 0 Å². The van der Waals surface area contributed by atoms with Gasteiger partial charge in [-0.25, -0.2) is 0 Å². The maximum atomic E-state index is 6.18. The topological polar surface area (TPSA) is 31.4 Å². The molecule has 0 aliphatic rings. The van der Waals surface area contributed by atoms with Gasteiger partial charge in [-0.2, -0.15) is 4.98 Å². The van der Waals surface area contributed by atoms with Gasteiger partial charge in [0.25, 0.3) is 0 Å². The summed E-state index contributed by atoms with van der Waals surface area (Å²) in [6.45, 7) is 6.00. The van der Waals surface area contributed by atoms with Crippen molar-refractivity contribution in [3.63, 3.8) is 0 Å². The Labute approximate surface area is 152 Å². The molecular weight excluding hydrogens is 357 g/mol. The van der Waals surface area contributed by atoms with E-state index in [0.717, 1.165) is 33.2 Å².